The molecule has 32 heavy (non-hydrogen) atoms. The van der Waals surface area contributed by atoms with Gasteiger partial charge in [-0.15, -0.1) is 0 Å². The number of halogens is 3. The van der Waals surface area contributed by atoms with Gasteiger partial charge in [-0.05, 0) is 18.3 Å². The van der Waals surface area contributed by atoms with Crippen LogP contribution in [0.5, 0.6) is 0 Å². The summed E-state index contributed by atoms with van der Waals surface area (Å²) < 4.78 is 88.8. The van der Waals surface area contributed by atoms with Crippen molar-refractivity contribution in [2.24, 2.45) is 5.92 Å². The predicted molar refractivity (Wildman–Crippen MR) is 104 cm³/mol. The molecule has 184 valence electrons. The molecule has 1 aromatic heterocycles. The quantitative estimate of drug-likeness (QED) is 0.198. The van der Waals surface area contributed by atoms with Gasteiger partial charge in [0.2, 0.25) is 0 Å². The molecule has 6 N–H and O–H groups in total. The Hall–Kier alpha value is -0.320. The molecular formula is C11H16F3N2O11P3S2. The van der Waals surface area contributed by atoms with Crippen molar-refractivity contribution in [2.75, 3.05) is 12.5 Å². The standard InChI is InChI=1S/C11H16F3N2O11P3S2/c12-11(13,14)7-8(17)5(26-9(7)16-2-1-6(31)15-10(16)32)3-25-30(23,24)27-29(21,22)4-28(18,19)20/h1-2,5,7-9,17H,3-4H2,(H,21,22)(H,23,24)(H,15,31,32)(H2,18,19,20)/t5-,7?,8+,9-/m1/s1. The molecule has 0 spiro atoms. The molecule has 21 heteroatoms. The summed E-state index contributed by atoms with van der Waals surface area (Å²) in [6, 6.07) is 1.20. The lowest BCUT2D eigenvalue weighted by molar-refractivity contribution is -0.211. The van der Waals surface area contributed by atoms with E-state index in [2.05, 4.69) is 13.8 Å². The lowest BCUT2D eigenvalue weighted by Gasteiger charge is -2.24. The first-order valence-electron chi connectivity index (χ1n) is 8.08. The SMILES string of the molecule is O=P(O)(O)CP(=O)(O)OP(=O)(O)OC[C@H]1O[C@@H](n2ccc(=S)[nH]c2=S)C(C(F)(F)F)[C@H]1O. The number of phosphoric ester groups is 1. The number of nitrogens with zero attached hydrogens (tertiary/aromatic N) is 1. The van der Waals surface area contributed by atoms with Gasteiger partial charge in [0.15, 0.2) is 16.9 Å². The molecule has 0 amide bonds. The van der Waals surface area contributed by atoms with E-state index in [1.165, 1.54) is 6.07 Å². The van der Waals surface area contributed by atoms with E-state index in [9.17, 15) is 41.8 Å². The Labute approximate surface area is 187 Å². The van der Waals surface area contributed by atoms with Crippen molar-refractivity contribution >= 4 is 47.4 Å². The van der Waals surface area contributed by atoms with E-state index in [1.807, 2.05) is 0 Å². The highest BCUT2D eigenvalue weighted by Gasteiger charge is 2.58. The first-order chi connectivity index (χ1) is 14.3. The van der Waals surface area contributed by atoms with Gasteiger partial charge >= 0.3 is 29.2 Å². The van der Waals surface area contributed by atoms with E-state index in [4.69, 9.17) is 39.0 Å². The molecule has 0 saturated carbocycles. The van der Waals surface area contributed by atoms with Gasteiger partial charge in [-0.25, -0.2) is 8.88 Å². The second-order valence-electron chi connectivity index (χ2n) is 6.43. The van der Waals surface area contributed by atoms with Crippen LogP contribution in [0, 0.1) is 15.3 Å². The fraction of sp³-hybridized carbons (Fsp3) is 0.636. The van der Waals surface area contributed by atoms with Crippen LogP contribution >= 0.6 is 47.4 Å². The van der Waals surface area contributed by atoms with Crippen molar-refractivity contribution in [3.8, 4) is 0 Å². The van der Waals surface area contributed by atoms with Crippen LogP contribution in [0.15, 0.2) is 12.3 Å². The molecule has 0 aromatic carbocycles. The average Bonchev–Trinajstić information content (AvgIpc) is 2.86. The van der Waals surface area contributed by atoms with E-state index in [1.54, 1.807) is 0 Å². The van der Waals surface area contributed by atoms with Gasteiger partial charge in [0.25, 0.3) is 0 Å². The van der Waals surface area contributed by atoms with Crippen molar-refractivity contribution in [3.63, 3.8) is 0 Å². The smallest absolute Gasteiger partial charge is 0.389 e. The number of H-pyrrole nitrogens is 1. The number of aliphatic hydroxyl groups excluding tert-OH is 1. The summed E-state index contributed by atoms with van der Waals surface area (Å²) in [4.78, 5) is 38.6. The topological polar surface area (TPSA) is 201 Å². The number of hydrogen-bond donors (Lipinski definition) is 6. The summed E-state index contributed by atoms with van der Waals surface area (Å²) >= 11 is 9.72. The zero-order valence-corrected chi connectivity index (χ0v) is 19.6. The number of hydrogen-bond acceptors (Lipinski definition) is 9. The summed E-state index contributed by atoms with van der Waals surface area (Å²) in [5.41, 5.74) is 0. The number of aromatic amines is 1. The van der Waals surface area contributed by atoms with Crippen LogP contribution < -0.4 is 0 Å². The molecule has 1 aromatic rings. The first-order valence-corrected chi connectivity index (χ1v) is 14.0. The van der Waals surface area contributed by atoms with Crippen LogP contribution in [0.1, 0.15) is 6.23 Å². The minimum Gasteiger partial charge on any atom is -0.389 e. The van der Waals surface area contributed by atoms with Crippen LogP contribution in [-0.4, -0.2) is 65.1 Å². The maximum atomic E-state index is 13.6. The highest BCUT2D eigenvalue weighted by Crippen LogP contribution is 2.65. The Morgan fingerprint density at radius 2 is 1.78 bits per heavy atom. The zero-order valence-electron chi connectivity index (χ0n) is 15.3. The predicted octanol–water partition coefficient (Wildman–Crippen LogP) is 2.17. The fourth-order valence-corrected chi connectivity index (χ4v) is 7.56. The number of ether oxygens (including phenoxy) is 1. The van der Waals surface area contributed by atoms with Gasteiger partial charge in [0.1, 0.15) is 16.7 Å². The lowest BCUT2D eigenvalue weighted by atomic mass is 9.99. The molecule has 0 radical (unpaired) electrons. The van der Waals surface area contributed by atoms with Gasteiger partial charge in [-0.3, -0.25) is 18.2 Å². The molecule has 0 aliphatic carbocycles. The molecule has 3 unspecified atom stereocenters. The minimum absolute atomic E-state index is 0.107. The average molecular weight is 566 g/mol. The number of rotatable bonds is 8. The van der Waals surface area contributed by atoms with Crippen LogP contribution in [0.25, 0.3) is 0 Å². The number of alkyl halides is 3. The third-order valence-electron chi connectivity index (χ3n) is 3.87. The van der Waals surface area contributed by atoms with Gasteiger partial charge in [-0.1, -0.05) is 12.2 Å². The molecule has 1 fully saturated rings. The summed E-state index contributed by atoms with van der Waals surface area (Å²) in [7, 11) is -16.0. The number of aliphatic hydroxyl groups is 1. The van der Waals surface area contributed by atoms with Gasteiger partial charge in [0.05, 0.1) is 12.7 Å². The second-order valence-corrected chi connectivity index (χ2v) is 12.8. The highest BCUT2D eigenvalue weighted by molar-refractivity contribution is 7.73. The highest BCUT2D eigenvalue weighted by atomic mass is 32.1. The first kappa shape index (κ1) is 27.9. The third-order valence-corrected chi connectivity index (χ3v) is 9.65. The molecule has 0 bridgehead atoms. The Balaban J connectivity index is 2.21. The maximum Gasteiger partial charge on any atom is 0.479 e. The van der Waals surface area contributed by atoms with E-state index in [0.29, 0.717) is 0 Å². The fourth-order valence-electron chi connectivity index (χ4n) is 2.71. The Morgan fingerprint density at radius 3 is 2.28 bits per heavy atom. The van der Waals surface area contributed by atoms with Crippen LogP contribution in [-0.2, 0) is 27.3 Å². The Kier molecular flexibility index (Phi) is 8.50. The van der Waals surface area contributed by atoms with Gasteiger partial charge < -0.3 is 34.4 Å². The molecule has 1 saturated heterocycles. The summed E-state index contributed by atoms with van der Waals surface area (Å²) in [6.45, 7) is -1.23. The van der Waals surface area contributed by atoms with Crippen LogP contribution in [0.4, 0.5) is 13.2 Å². The molecule has 13 nitrogen and oxygen atoms in total. The van der Waals surface area contributed by atoms with Crippen molar-refractivity contribution in [3.05, 3.63) is 21.7 Å². The molecular weight excluding hydrogens is 550 g/mol. The second kappa shape index (κ2) is 9.74. The lowest BCUT2D eigenvalue weighted by Crippen LogP contribution is -2.39. The number of nitrogens with one attached hydrogen (secondary N) is 1. The normalized spacial score (nSPS) is 28.2. The van der Waals surface area contributed by atoms with E-state index < -0.39 is 66.1 Å². The molecule has 6 atom stereocenters. The molecule has 1 aliphatic rings. The largest absolute Gasteiger partial charge is 0.479 e. The van der Waals surface area contributed by atoms with Crippen LogP contribution in [0.3, 0.4) is 0 Å². The molecule has 1 aliphatic heterocycles. The number of aromatic nitrogens is 2. The minimum atomic E-state index is -5.52. The van der Waals surface area contributed by atoms with Crippen molar-refractivity contribution < 1.29 is 65.1 Å². The maximum absolute atomic E-state index is 13.6. The van der Waals surface area contributed by atoms with Gasteiger partial charge in [0, 0.05) is 6.20 Å². The van der Waals surface area contributed by atoms with E-state index in [-0.39, 0.29) is 9.41 Å². The van der Waals surface area contributed by atoms with Crippen molar-refractivity contribution in [1.82, 2.24) is 9.55 Å². The Morgan fingerprint density at radius 1 is 1.19 bits per heavy atom. The monoisotopic (exact) mass is 566 g/mol. The van der Waals surface area contributed by atoms with Crippen molar-refractivity contribution in [1.29, 1.82) is 0 Å². The zero-order chi connectivity index (χ0) is 24.7. The molecule has 2 rings (SSSR count). The number of phosphoric acid groups is 1. The van der Waals surface area contributed by atoms with E-state index >= 15 is 0 Å². The van der Waals surface area contributed by atoms with E-state index in [0.717, 1.165) is 10.8 Å². The summed E-state index contributed by atoms with van der Waals surface area (Å²) in [6.07, 6.45) is -10.1. The van der Waals surface area contributed by atoms with Gasteiger partial charge in [-0.2, -0.15) is 13.2 Å². The summed E-state index contributed by atoms with van der Waals surface area (Å²) in [5, 5.41) is 10.1. The summed E-state index contributed by atoms with van der Waals surface area (Å²) in [5.74, 6) is -4.38. The Bertz CT molecular complexity index is 1100. The third kappa shape index (κ3) is 7.60. The van der Waals surface area contributed by atoms with Crippen molar-refractivity contribution in [2.45, 2.75) is 24.6 Å². The molecule has 2 heterocycles. The van der Waals surface area contributed by atoms with Crippen LogP contribution in [0.2, 0.25) is 0 Å².